The Morgan fingerprint density at radius 1 is 1.50 bits per heavy atom. The molecular weight excluding hydrogens is 382 g/mol. The smallest absolute Gasteiger partial charge is 0.239 e. The Labute approximate surface area is 145 Å². The van der Waals surface area contributed by atoms with Crippen molar-refractivity contribution in [3.8, 4) is 6.07 Å². The minimum Gasteiger partial charge on any atom is -0.315 e. The molecule has 0 bridgehead atoms. The van der Waals surface area contributed by atoms with Crippen molar-refractivity contribution in [1.29, 1.82) is 5.26 Å². The van der Waals surface area contributed by atoms with Gasteiger partial charge in [-0.25, -0.2) is 0 Å². The van der Waals surface area contributed by atoms with Crippen molar-refractivity contribution in [3.05, 3.63) is 50.5 Å². The highest BCUT2D eigenvalue weighted by Crippen LogP contribution is 2.24. The summed E-state index contributed by atoms with van der Waals surface area (Å²) in [6, 6.07) is 7.80. The van der Waals surface area contributed by atoms with E-state index in [1.54, 1.807) is 28.9 Å². The Hall–Kier alpha value is -1.46. The van der Waals surface area contributed by atoms with Crippen molar-refractivity contribution < 1.29 is 4.79 Å². The summed E-state index contributed by atoms with van der Waals surface area (Å²) in [7, 11) is 0. The summed E-state index contributed by atoms with van der Waals surface area (Å²) in [5, 5.41) is 14.2. The number of thiophene rings is 2. The number of carbonyl (C=O) groups is 1. The van der Waals surface area contributed by atoms with Crippen LogP contribution in [0, 0.1) is 11.3 Å². The van der Waals surface area contributed by atoms with Gasteiger partial charge in [0.15, 0.2) is 0 Å². The van der Waals surface area contributed by atoms with Crippen molar-refractivity contribution in [2.24, 2.45) is 0 Å². The molecule has 4 nitrogen and oxygen atoms in total. The molecule has 7 heteroatoms. The average molecular weight is 396 g/mol. The van der Waals surface area contributed by atoms with Crippen LogP contribution in [-0.2, 0) is 11.3 Å². The van der Waals surface area contributed by atoms with Crippen LogP contribution in [0.5, 0.6) is 0 Å². The van der Waals surface area contributed by atoms with Gasteiger partial charge in [-0.15, -0.1) is 29.3 Å². The van der Waals surface area contributed by atoms with E-state index in [-0.39, 0.29) is 12.5 Å². The first-order valence-electron chi connectivity index (χ1n) is 6.47. The van der Waals surface area contributed by atoms with Crippen molar-refractivity contribution in [2.75, 3.05) is 18.4 Å². The molecule has 0 spiro atoms. The van der Waals surface area contributed by atoms with Crippen LogP contribution < -0.4 is 5.32 Å². The molecule has 0 aromatic carbocycles. The van der Waals surface area contributed by atoms with Crippen LogP contribution in [0.3, 0.4) is 0 Å². The first-order valence-corrected chi connectivity index (χ1v) is 8.96. The van der Waals surface area contributed by atoms with E-state index < -0.39 is 0 Å². The summed E-state index contributed by atoms with van der Waals surface area (Å²) < 4.78 is 1.07. The first-order chi connectivity index (χ1) is 10.6. The van der Waals surface area contributed by atoms with Gasteiger partial charge in [0.25, 0.3) is 0 Å². The maximum absolute atomic E-state index is 12.2. The number of nitrogens with zero attached hydrogens (tertiary/aromatic N) is 2. The van der Waals surface area contributed by atoms with Crippen LogP contribution in [-0.4, -0.2) is 23.9 Å². The summed E-state index contributed by atoms with van der Waals surface area (Å²) in [5.74, 6) is -0.128. The molecule has 0 saturated carbocycles. The standard InChI is InChI=1S/C15H14BrN3OS2/c1-2-6-19(9-12-3-4-13(16)22-12)10-14(20)18-15-11(8-17)5-7-21-15/h2-5,7H,1,6,9-10H2,(H,18,20). The van der Waals surface area contributed by atoms with Crippen LogP contribution >= 0.6 is 38.6 Å². The second-order valence-corrected chi connectivity index (χ2v) is 7.95. The second-order valence-electron chi connectivity index (χ2n) is 4.49. The zero-order valence-corrected chi connectivity index (χ0v) is 14.9. The largest absolute Gasteiger partial charge is 0.315 e. The van der Waals surface area contributed by atoms with Gasteiger partial charge in [0.2, 0.25) is 5.91 Å². The molecule has 0 aliphatic heterocycles. The topological polar surface area (TPSA) is 56.1 Å². The number of rotatable bonds is 7. The van der Waals surface area contributed by atoms with Gasteiger partial charge in [-0.3, -0.25) is 9.69 Å². The summed E-state index contributed by atoms with van der Waals surface area (Å²) in [5.41, 5.74) is 0.496. The van der Waals surface area contributed by atoms with Gasteiger partial charge in [0.1, 0.15) is 11.1 Å². The number of hydrogen-bond donors (Lipinski definition) is 1. The van der Waals surface area contributed by atoms with Gasteiger partial charge < -0.3 is 5.32 Å². The van der Waals surface area contributed by atoms with Crippen molar-refractivity contribution in [3.63, 3.8) is 0 Å². The van der Waals surface area contributed by atoms with Crippen LogP contribution in [0.15, 0.2) is 40.0 Å². The second kappa shape index (κ2) is 8.25. The molecule has 0 aliphatic carbocycles. The third-order valence-electron chi connectivity index (χ3n) is 2.80. The zero-order valence-electron chi connectivity index (χ0n) is 11.7. The van der Waals surface area contributed by atoms with Crippen LogP contribution in [0.4, 0.5) is 5.00 Å². The molecule has 0 saturated heterocycles. The molecule has 2 aromatic rings. The molecule has 114 valence electrons. The van der Waals surface area contributed by atoms with Gasteiger partial charge in [-0.1, -0.05) is 6.08 Å². The quantitative estimate of drug-likeness (QED) is 0.718. The molecule has 1 N–H and O–H groups in total. The highest BCUT2D eigenvalue weighted by molar-refractivity contribution is 9.11. The van der Waals surface area contributed by atoms with Gasteiger partial charge in [-0.05, 0) is 39.5 Å². The maximum atomic E-state index is 12.2. The summed E-state index contributed by atoms with van der Waals surface area (Å²) in [6.45, 7) is 5.30. The molecule has 0 aliphatic rings. The van der Waals surface area contributed by atoms with Gasteiger partial charge in [0, 0.05) is 18.0 Å². The lowest BCUT2D eigenvalue weighted by Gasteiger charge is -2.19. The van der Waals surface area contributed by atoms with Crippen molar-refractivity contribution >= 4 is 49.5 Å². The van der Waals surface area contributed by atoms with E-state index in [4.69, 9.17) is 5.26 Å². The number of anilines is 1. The average Bonchev–Trinajstić information content (AvgIpc) is 3.08. The monoisotopic (exact) mass is 395 g/mol. The minimum absolute atomic E-state index is 0.128. The van der Waals surface area contributed by atoms with E-state index in [0.29, 0.717) is 23.7 Å². The Morgan fingerprint density at radius 3 is 2.95 bits per heavy atom. The number of carbonyl (C=O) groups excluding carboxylic acids is 1. The normalized spacial score (nSPS) is 10.4. The van der Waals surface area contributed by atoms with E-state index in [1.807, 2.05) is 17.0 Å². The van der Waals surface area contributed by atoms with Crippen LogP contribution in [0.2, 0.25) is 0 Å². The van der Waals surface area contributed by atoms with E-state index in [1.165, 1.54) is 16.2 Å². The van der Waals surface area contributed by atoms with Crippen LogP contribution in [0.25, 0.3) is 0 Å². The lowest BCUT2D eigenvalue weighted by Crippen LogP contribution is -2.32. The minimum atomic E-state index is -0.128. The predicted molar refractivity (Wildman–Crippen MR) is 95.2 cm³/mol. The summed E-state index contributed by atoms with van der Waals surface area (Å²) in [6.07, 6.45) is 1.78. The van der Waals surface area contributed by atoms with Crippen molar-refractivity contribution in [2.45, 2.75) is 6.54 Å². The fourth-order valence-electron chi connectivity index (χ4n) is 1.89. The molecule has 0 fully saturated rings. The SMILES string of the molecule is C=CCN(CC(=O)Nc1sccc1C#N)Cc1ccc(Br)s1. The Bertz CT molecular complexity index is 702. The fourth-order valence-corrected chi connectivity index (χ4v) is 4.17. The molecular formula is C15H14BrN3OS2. The summed E-state index contributed by atoms with van der Waals surface area (Å²) >= 11 is 6.44. The lowest BCUT2D eigenvalue weighted by atomic mass is 10.3. The zero-order chi connectivity index (χ0) is 15.9. The van der Waals surface area contributed by atoms with E-state index in [0.717, 1.165) is 3.79 Å². The van der Waals surface area contributed by atoms with Crippen molar-refractivity contribution in [1.82, 2.24) is 4.90 Å². The first kappa shape index (κ1) is 16.9. The van der Waals surface area contributed by atoms with Gasteiger partial charge in [0.05, 0.1) is 15.9 Å². The van der Waals surface area contributed by atoms with E-state index >= 15 is 0 Å². The molecule has 2 heterocycles. The maximum Gasteiger partial charge on any atom is 0.239 e. The number of halogens is 1. The highest BCUT2D eigenvalue weighted by atomic mass is 79.9. The number of nitriles is 1. The van der Waals surface area contributed by atoms with Gasteiger partial charge in [-0.2, -0.15) is 5.26 Å². The van der Waals surface area contributed by atoms with E-state index in [9.17, 15) is 4.79 Å². The Kier molecular flexibility index (Phi) is 6.34. The van der Waals surface area contributed by atoms with Crippen LogP contribution in [0.1, 0.15) is 10.4 Å². The third kappa shape index (κ3) is 4.78. The molecule has 0 radical (unpaired) electrons. The predicted octanol–water partition coefficient (Wildman–Crippen LogP) is 4.07. The highest BCUT2D eigenvalue weighted by Gasteiger charge is 2.13. The van der Waals surface area contributed by atoms with E-state index in [2.05, 4.69) is 33.9 Å². The molecule has 0 unspecified atom stereocenters. The molecule has 2 rings (SSSR count). The molecule has 2 aromatic heterocycles. The van der Waals surface area contributed by atoms with Gasteiger partial charge >= 0.3 is 0 Å². The molecule has 0 atom stereocenters. The Balaban J connectivity index is 1.96. The number of nitrogens with one attached hydrogen (secondary N) is 1. The molecule has 22 heavy (non-hydrogen) atoms. The fraction of sp³-hybridized carbons (Fsp3) is 0.200. The number of amides is 1. The Morgan fingerprint density at radius 2 is 2.32 bits per heavy atom. The molecule has 1 amide bonds. The summed E-state index contributed by atoms with van der Waals surface area (Å²) in [4.78, 5) is 15.3. The number of hydrogen-bond acceptors (Lipinski definition) is 5. The lowest BCUT2D eigenvalue weighted by molar-refractivity contribution is -0.117. The third-order valence-corrected chi connectivity index (χ3v) is 5.24.